The molecule has 4 heteroatoms. The number of hydrogen-bond acceptors (Lipinski definition) is 3. The van der Waals surface area contributed by atoms with Gasteiger partial charge in [0.05, 0.1) is 12.2 Å². The quantitative estimate of drug-likeness (QED) is 0.617. The second-order valence-corrected chi connectivity index (χ2v) is 3.49. The molecule has 0 radical (unpaired) electrons. The summed E-state index contributed by atoms with van der Waals surface area (Å²) in [5, 5.41) is 0. The lowest BCUT2D eigenvalue weighted by atomic mass is 10.1. The van der Waals surface area contributed by atoms with Gasteiger partial charge in [0.25, 0.3) is 0 Å². The van der Waals surface area contributed by atoms with E-state index < -0.39 is 5.97 Å². The predicted molar refractivity (Wildman–Crippen MR) is 55.5 cm³/mol. The molecule has 0 aromatic heterocycles. The molecule has 0 aliphatic carbocycles. The Balaban J connectivity index is 3.07. The van der Waals surface area contributed by atoms with Crippen molar-refractivity contribution in [2.75, 3.05) is 6.61 Å². The maximum atomic E-state index is 11.3. The van der Waals surface area contributed by atoms with Gasteiger partial charge in [0.15, 0.2) is 6.29 Å². The first kappa shape index (κ1) is 10.9. The van der Waals surface area contributed by atoms with E-state index in [2.05, 4.69) is 15.9 Å². The lowest BCUT2D eigenvalue weighted by Crippen LogP contribution is -2.07. The summed E-state index contributed by atoms with van der Waals surface area (Å²) >= 11 is 3.21. The molecule has 0 bridgehead atoms. The molecule has 1 aromatic carbocycles. The van der Waals surface area contributed by atoms with Gasteiger partial charge in [-0.3, -0.25) is 4.79 Å². The van der Waals surface area contributed by atoms with Crippen LogP contribution >= 0.6 is 15.9 Å². The van der Waals surface area contributed by atoms with Crippen LogP contribution in [0.2, 0.25) is 0 Å². The first-order valence-electron chi connectivity index (χ1n) is 4.11. The van der Waals surface area contributed by atoms with Gasteiger partial charge in [-0.05, 0) is 25.1 Å². The van der Waals surface area contributed by atoms with Crippen LogP contribution in [0.25, 0.3) is 0 Å². The third-order valence-corrected chi connectivity index (χ3v) is 2.13. The zero-order valence-corrected chi connectivity index (χ0v) is 9.21. The highest BCUT2D eigenvalue weighted by Gasteiger charge is 2.11. The Morgan fingerprint density at radius 3 is 2.86 bits per heavy atom. The number of esters is 1. The van der Waals surface area contributed by atoms with E-state index in [1.807, 2.05) is 0 Å². The zero-order valence-electron chi connectivity index (χ0n) is 7.62. The Bertz CT molecular complexity index is 360. The smallest absolute Gasteiger partial charge is 0.338 e. The van der Waals surface area contributed by atoms with Crippen molar-refractivity contribution in [3.05, 3.63) is 33.8 Å². The molecule has 0 unspecified atom stereocenters. The molecule has 0 fully saturated rings. The first-order valence-corrected chi connectivity index (χ1v) is 4.90. The number of rotatable bonds is 3. The van der Waals surface area contributed by atoms with Crippen LogP contribution in [0, 0.1) is 0 Å². The highest BCUT2D eigenvalue weighted by Crippen LogP contribution is 2.16. The normalized spacial score (nSPS) is 9.57. The van der Waals surface area contributed by atoms with Crippen LogP contribution in [-0.2, 0) is 4.74 Å². The third kappa shape index (κ3) is 2.42. The molecule has 14 heavy (non-hydrogen) atoms. The van der Waals surface area contributed by atoms with Crippen molar-refractivity contribution in [2.45, 2.75) is 6.92 Å². The lowest BCUT2D eigenvalue weighted by molar-refractivity contribution is 0.0524. The maximum absolute atomic E-state index is 11.3. The zero-order chi connectivity index (χ0) is 10.6. The van der Waals surface area contributed by atoms with Crippen LogP contribution in [0.3, 0.4) is 0 Å². The van der Waals surface area contributed by atoms with E-state index in [9.17, 15) is 9.59 Å². The molecule has 3 nitrogen and oxygen atoms in total. The molecular formula is C10H9BrO3. The monoisotopic (exact) mass is 256 g/mol. The summed E-state index contributed by atoms with van der Waals surface area (Å²) in [6, 6.07) is 4.84. The van der Waals surface area contributed by atoms with Gasteiger partial charge in [0.2, 0.25) is 0 Å². The molecule has 1 aromatic rings. The molecule has 0 spiro atoms. The second-order valence-electron chi connectivity index (χ2n) is 2.57. The molecule has 0 N–H and O–H groups in total. The van der Waals surface area contributed by atoms with Gasteiger partial charge in [0, 0.05) is 10.0 Å². The summed E-state index contributed by atoms with van der Waals surface area (Å²) in [6.07, 6.45) is 0.636. The summed E-state index contributed by atoms with van der Waals surface area (Å²) in [6.45, 7) is 2.02. The molecule has 0 aliphatic heterocycles. The van der Waals surface area contributed by atoms with E-state index >= 15 is 0 Å². The molecule has 0 saturated heterocycles. The molecule has 0 aliphatic rings. The molecule has 0 heterocycles. The Morgan fingerprint density at radius 1 is 1.57 bits per heavy atom. The van der Waals surface area contributed by atoms with Crippen molar-refractivity contribution in [2.24, 2.45) is 0 Å². The van der Waals surface area contributed by atoms with E-state index in [1.165, 1.54) is 0 Å². The average Bonchev–Trinajstić information content (AvgIpc) is 2.17. The fourth-order valence-corrected chi connectivity index (χ4v) is 1.40. The van der Waals surface area contributed by atoms with Crippen molar-refractivity contribution in [1.82, 2.24) is 0 Å². The van der Waals surface area contributed by atoms with Crippen LogP contribution in [0.5, 0.6) is 0 Å². The van der Waals surface area contributed by atoms with E-state index in [0.29, 0.717) is 24.0 Å². The molecule has 74 valence electrons. The van der Waals surface area contributed by atoms with Crippen molar-refractivity contribution >= 4 is 28.2 Å². The standard InChI is InChI=1S/C10H9BrO3/c1-2-14-10(13)9-4-3-8(11)5-7(9)6-12/h3-6H,2H2,1H3. The van der Waals surface area contributed by atoms with E-state index in [4.69, 9.17) is 4.74 Å². The number of ether oxygens (including phenoxy) is 1. The van der Waals surface area contributed by atoms with Crippen LogP contribution in [0.1, 0.15) is 27.6 Å². The second kappa shape index (κ2) is 4.91. The Kier molecular flexibility index (Phi) is 3.83. The van der Waals surface area contributed by atoms with E-state index in [-0.39, 0.29) is 0 Å². The van der Waals surface area contributed by atoms with Crippen LogP contribution in [0.15, 0.2) is 22.7 Å². The fraction of sp³-hybridized carbons (Fsp3) is 0.200. The van der Waals surface area contributed by atoms with Crippen LogP contribution in [0.4, 0.5) is 0 Å². The minimum atomic E-state index is -0.470. The topological polar surface area (TPSA) is 43.4 Å². The summed E-state index contributed by atoms with van der Waals surface area (Å²) in [7, 11) is 0. The van der Waals surface area contributed by atoms with Gasteiger partial charge in [-0.25, -0.2) is 4.79 Å². The van der Waals surface area contributed by atoms with Gasteiger partial charge in [-0.15, -0.1) is 0 Å². The van der Waals surface area contributed by atoms with Crippen molar-refractivity contribution < 1.29 is 14.3 Å². The van der Waals surface area contributed by atoms with Gasteiger partial charge in [-0.1, -0.05) is 15.9 Å². The SMILES string of the molecule is CCOC(=O)c1ccc(Br)cc1C=O. The van der Waals surface area contributed by atoms with Gasteiger partial charge >= 0.3 is 5.97 Å². The fourth-order valence-electron chi connectivity index (χ4n) is 1.03. The van der Waals surface area contributed by atoms with Gasteiger partial charge < -0.3 is 4.74 Å². The largest absolute Gasteiger partial charge is 0.462 e. The summed E-state index contributed by atoms with van der Waals surface area (Å²) in [5.74, 6) is -0.470. The van der Waals surface area contributed by atoms with E-state index in [0.717, 1.165) is 4.47 Å². The van der Waals surface area contributed by atoms with Crippen molar-refractivity contribution in [1.29, 1.82) is 0 Å². The minimum Gasteiger partial charge on any atom is -0.462 e. The van der Waals surface area contributed by atoms with Crippen LogP contribution < -0.4 is 0 Å². The predicted octanol–water partition coefficient (Wildman–Crippen LogP) is 2.44. The number of carbonyl (C=O) groups is 2. The molecule has 1 rings (SSSR count). The third-order valence-electron chi connectivity index (χ3n) is 1.64. The number of halogens is 1. The number of benzene rings is 1. The Morgan fingerprint density at radius 2 is 2.29 bits per heavy atom. The van der Waals surface area contributed by atoms with Crippen molar-refractivity contribution in [3.8, 4) is 0 Å². The number of hydrogen-bond donors (Lipinski definition) is 0. The van der Waals surface area contributed by atoms with Crippen molar-refractivity contribution in [3.63, 3.8) is 0 Å². The summed E-state index contributed by atoms with van der Waals surface area (Å²) < 4.78 is 5.55. The summed E-state index contributed by atoms with van der Waals surface area (Å²) in [4.78, 5) is 22.0. The van der Waals surface area contributed by atoms with Gasteiger partial charge in [0.1, 0.15) is 0 Å². The Hall–Kier alpha value is -1.16. The molecular weight excluding hydrogens is 248 g/mol. The lowest BCUT2D eigenvalue weighted by Gasteiger charge is -2.04. The minimum absolute atomic E-state index is 0.296. The molecule has 0 amide bonds. The van der Waals surface area contributed by atoms with Crippen LogP contribution in [-0.4, -0.2) is 18.9 Å². The average molecular weight is 257 g/mol. The van der Waals surface area contributed by atoms with E-state index in [1.54, 1.807) is 25.1 Å². The molecule has 0 saturated carbocycles. The highest BCUT2D eigenvalue weighted by molar-refractivity contribution is 9.10. The highest BCUT2D eigenvalue weighted by atomic mass is 79.9. The number of carbonyl (C=O) groups excluding carboxylic acids is 2. The summed E-state index contributed by atoms with van der Waals surface area (Å²) in [5.41, 5.74) is 0.628. The molecule has 0 atom stereocenters. The maximum Gasteiger partial charge on any atom is 0.338 e. The number of aldehydes is 1. The first-order chi connectivity index (χ1) is 6.69. The Labute approximate surface area is 90.2 Å². The van der Waals surface area contributed by atoms with Gasteiger partial charge in [-0.2, -0.15) is 0 Å².